The number of nitrogens with zero attached hydrogens (tertiary/aromatic N) is 3. The lowest BCUT2D eigenvalue weighted by molar-refractivity contribution is -0.137. The van der Waals surface area contributed by atoms with Gasteiger partial charge in [-0.1, -0.05) is 13.8 Å². The minimum atomic E-state index is -4.47. The van der Waals surface area contributed by atoms with Gasteiger partial charge in [0.05, 0.1) is 17.9 Å². The van der Waals surface area contributed by atoms with Gasteiger partial charge in [-0.05, 0) is 61.6 Å². The molecule has 0 aliphatic rings. The van der Waals surface area contributed by atoms with E-state index in [1.165, 1.54) is 12.1 Å². The Balaban J connectivity index is 1.92. The van der Waals surface area contributed by atoms with Crippen LogP contribution < -0.4 is 10.5 Å². The summed E-state index contributed by atoms with van der Waals surface area (Å²) in [5, 5.41) is 19.1. The molecule has 36 heavy (non-hydrogen) atoms. The summed E-state index contributed by atoms with van der Waals surface area (Å²) in [6.07, 6.45) is -5.79. The Morgan fingerprint density at radius 2 is 1.75 bits per heavy atom. The zero-order chi connectivity index (χ0) is 26.5. The number of alkyl halides is 3. The van der Waals surface area contributed by atoms with Crippen LogP contribution in [0.15, 0.2) is 48.5 Å². The maximum atomic E-state index is 13.3. The van der Waals surface area contributed by atoms with Crippen molar-refractivity contribution in [1.29, 1.82) is 0 Å². The number of halogens is 3. The second kappa shape index (κ2) is 11.5. The van der Waals surface area contributed by atoms with Gasteiger partial charge in [0.2, 0.25) is 0 Å². The van der Waals surface area contributed by atoms with Crippen LogP contribution >= 0.6 is 0 Å². The molecule has 3 aromatic rings. The molecule has 0 radical (unpaired) electrons. The molecule has 1 heterocycles. The molecule has 1 atom stereocenters. The molecule has 8 nitrogen and oxygen atoms in total. The molecule has 1 unspecified atom stereocenters. The third-order valence-electron chi connectivity index (χ3n) is 5.53. The molecule has 0 aliphatic heterocycles. The lowest BCUT2D eigenvalue weighted by Gasteiger charge is -2.21. The molecular formula is C25H27F3N4O4. The maximum absolute atomic E-state index is 13.3. The Bertz CT molecular complexity index is 1200. The minimum absolute atomic E-state index is 0.0300. The van der Waals surface area contributed by atoms with Crippen LogP contribution in [0.3, 0.4) is 0 Å². The molecule has 0 spiro atoms. The molecule has 2 aromatic carbocycles. The van der Waals surface area contributed by atoms with Gasteiger partial charge in [0.15, 0.2) is 5.82 Å². The van der Waals surface area contributed by atoms with E-state index in [9.17, 15) is 28.2 Å². The first-order chi connectivity index (χ1) is 17.0. The fourth-order valence-corrected chi connectivity index (χ4v) is 3.45. The van der Waals surface area contributed by atoms with Crippen LogP contribution in [0, 0.1) is 0 Å². The number of ether oxygens (including phenoxy) is 1. The van der Waals surface area contributed by atoms with E-state index in [0.29, 0.717) is 35.7 Å². The summed E-state index contributed by atoms with van der Waals surface area (Å²) in [6.45, 7) is 4.86. The predicted molar refractivity (Wildman–Crippen MR) is 126 cm³/mol. The maximum Gasteiger partial charge on any atom is 0.416 e. The number of rotatable bonds is 10. The van der Waals surface area contributed by atoms with Gasteiger partial charge in [-0.2, -0.15) is 13.2 Å². The number of aromatic nitrogens is 2. The fraction of sp³-hybridized carbons (Fsp3) is 0.320. The monoisotopic (exact) mass is 504 g/mol. The van der Waals surface area contributed by atoms with Crippen LogP contribution in [0.2, 0.25) is 0 Å². The Morgan fingerprint density at radius 1 is 1.08 bits per heavy atom. The number of hydrogen-bond donors (Lipinski definition) is 3. The van der Waals surface area contributed by atoms with Crippen molar-refractivity contribution in [2.24, 2.45) is 5.73 Å². The lowest BCUT2D eigenvalue weighted by Crippen LogP contribution is -2.22. The molecule has 3 rings (SSSR count). The zero-order valence-corrected chi connectivity index (χ0v) is 19.8. The fourth-order valence-electron chi connectivity index (χ4n) is 3.45. The first-order valence-corrected chi connectivity index (χ1v) is 11.2. The molecule has 0 saturated heterocycles. The van der Waals surface area contributed by atoms with Gasteiger partial charge >= 0.3 is 6.18 Å². The summed E-state index contributed by atoms with van der Waals surface area (Å²) in [6, 6.07) is 10.9. The molecule has 1 aromatic heterocycles. The second-order valence-corrected chi connectivity index (χ2v) is 7.97. The third kappa shape index (κ3) is 6.56. The van der Waals surface area contributed by atoms with E-state index in [2.05, 4.69) is 9.97 Å². The van der Waals surface area contributed by atoms with Gasteiger partial charge in [0, 0.05) is 17.7 Å². The van der Waals surface area contributed by atoms with Crippen molar-refractivity contribution in [2.45, 2.75) is 32.7 Å². The standard InChI is InChI=1S/C25H27F3N4O4/c1-3-32(4-2)13-16-11-17(25(26,27)28)7-10-22(16)36-18-8-5-15(6-9-18)24-30-19(21(34)14-33)12-20(31-24)23(29)35/h5-12,21,33-34H,3-4,13-14H2,1-2H3,(H2,29,35). The van der Waals surface area contributed by atoms with Crippen molar-refractivity contribution in [3.05, 3.63) is 71.0 Å². The molecule has 192 valence electrons. The van der Waals surface area contributed by atoms with Crippen molar-refractivity contribution in [2.75, 3.05) is 19.7 Å². The topological polar surface area (TPSA) is 122 Å². The van der Waals surface area contributed by atoms with Crippen molar-refractivity contribution in [3.63, 3.8) is 0 Å². The van der Waals surface area contributed by atoms with E-state index in [1.807, 2.05) is 18.7 Å². The number of benzene rings is 2. The number of hydrogen-bond acceptors (Lipinski definition) is 7. The number of carbonyl (C=O) groups excluding carboxylic acids is 1. The number of aliphatic hydroxyl groups is 2. The number of primary amides is 1. The first-order valence-electron chi connectivity index (χ1n) is 11.2. The highest BCUT2D eigenvalue weighted by Crippen LogP contribution is 2.35. The smallest absolute Gasteiger partial charge is 0.416 e. The first kappa shape index (κ1) is 27.1. The average Bonchev–Trinajstić information content (AvgIpc) is 2.87. The minimum Gasteiger partial charge on any atom is -0.457 e. The van der Waals surface area contributed by atoms with E-state index >= 15 is 0 Å². The Labute approximate surface area is 206 Å². The Kier molecular flexibility index (Phi) is 8.62. The largest absolute Gasteiger partial charge is 0.457 e. The zero-order valence-electron chi connectivity index (χ0n) is 19.8. The predicted octanol–water partition coefficient (Wildman–Crippen LogP) is 3.92. The summed E-state index contributed by atoms with van der Waals surface area (Å²) in [4.78, 5) is 21.9. The van der Waals surface area contributed by atoms with Crippen LogP contribution in [0.25, 0.3) is 11.4 Å². The number of aliphatic hydroxyl groups excluding tert-OH is 2. The summed E-state index contributed by atoms with van der Waals surface area (Å²) < 4.78 is 45.8. The Hall–Kier alpha value is -3.54. The summed E-state index contributed by atoms with van der Waals surface area (Å²) >= 11 is 0. The van der Waals surface area contributed by atoms with Gasteiger partial charge in [-0.25, -0.2) is 9.97 Å². The number of amides is 1. The molecule has 11 heteroatoms. The van der Waals surface area contributed by atoms with Crippen molar-refractivity contribution in [3.8, 4) is 22.9 Å². The molecule has 0 saturated carbocycles. The van der Waals surface area contributed by atoms with Crippen LogP contribution in [-0.2, 0) is 12.7 Å². The molecule has 0 fully saturated rings. The van der Waals surface area contributed by atoms with Gasteiger partial charge in [-0.3, -0.25) is 9.69 Å². The van der Waals surface area contributed by atoms with Gasteiger partial charge in [0.25, 0.3) is 5.91 Å². The summed E-state index contributed by atoms with van der Waals surface area (Å²) in [7, 11) is 0. The van der Waals surface area contributed by atoms with Crippen LogP contribution in [-0.4, -0.2) is 50.7 Å². The second-order valence-electron chi connectivity index (χ2n) is 7.97. The highest BCUT2D eigenvalue weighted by atomic mass is 19.4. The van der Waals surface area contributed by atoms with Crippen LogP contribution in [0.1, 0.15) is 47.3 Å². The van der Waals surface area contributed by atoms with Crippen molar-refractivity contribution >= 4 is 5.91 Å². The SMILES string of the molecule is CCN(CC)Cc1cc(C(F)(F)F)ccc1Oc1ccc(-c2nc(C(N)=O)cc(C(O)CO)n2)cc1. The van der Waals surface area contributed by atoms with Crippen LogP contribution in [0.5, 0.6) is 11.5 Å². The van der Waals surface area contributed by atoms with Crippen molar-refractivity contribution in [1.82, 2.24) is 14.9 Å². The summed E-state index contributed by atoms with van der Waals surface area (Å²) in [5.74, 6) is -0.0749. The van der Waals surface area contributed by atoms with E-state index in [1.54, 1.807) is 24.3 Å². The normalized spacial score (nSPS) is 12.6. The number of nitrogens with two attached hydrogens (primary N) is 1. The van der Waals surface area contributed by atoms with Gasteiger partial charge in [-0.15, -0.1) is 0 Å². The third-order valence-corrected chi connectivity index (χ3v) is 5.53. The quantitative estimate of drug-likeness (QED) is 0.383. The van der Waals surface area contributed by atoms with E-state index < -0.39 is 30.4 Å². The van der Waals surface area contributed by atoms with Crippen molar-refractivity contribution < 1.29 is 32.9 Å². The molecule has 0 aliphatic carbocycles. The molecule has 0 bridgehead atoms. The molecular weight excluding hydrogens is 477 g/mol. The highest BCUT2D eigenvalue weighted by molar-refractivity contribution is 5.91. The highest BCUT2D eigenvalue weighted by Gasteiger charge is 2.31. The van der Waals surface area contributed by atoms with E-state index in [0.717, 1.165) is 12.1 Å². The van der Waals surface area contributed by atoms with Gasteiger partial charge < -0.3 is 20.7 Å². The number of carbonyl (C=O) groups is 1. The van der Waals surface area contributed by atoms with E-state index in [4.69, 9.17) is 10.5 Å². The van der Waals surface area contributed by atoms with Crippen LogP contribution in [0.4, 0.5) is 13.2 Å². The average molecular weight is 505 g/mol. The summed E-state index contributed by atoms with van der Waals surface area (Å²) in [5.41, 5.74) is 5.34. The Morgan fingerprint density at radius 3 is 2.31 bits per heavy atom. The van der Waals surface area contributed by atoms with Gasteiger partial charge in [0.1, 0.15) is 23.3 Å². The lowest BCUT2D eigenvalue weighted by atomic mass is 10.1. The van der Waals surface area contributed by atoms with E-state index in [-0.39, 0.29) is 23.8 Å². The molecule has 1 amide bonds. The molecule has 4 N–H and O–H groups in total.